The van der Waals surface area contributed by atoms with Crippen LogP contribution in [-0.2, 0) is 13.6 Å². The van der Waals surface area contributed by atoms with Crippen molar-refractivity contribution in [2.75, 3.05) is 6.61 Å². The first-order chi connectivity index (χ1) is 16.5. The third-order valence-corrected chi connectivity index (χ3v) is 5.83. The topological polar surface area (TPSA) is 75.5 Å². The molecule has 0 fully saturated rings. The SMILES string of the molecule is CCOc1ccccc1-n1c(C)cn2c3c(=O)n(CC=Cc4ccccc4)c(=O)n(C)c3nc12. The van der Waals surface area contributed by atoms with Gasteiger partial charge < -0.3 is 4.74 Å². The van der Waals surface area contributed by atoms with Crippen LogP contribution < -0.4 is 16.0 Å². The van der Waals surface area contributed by atoms with E-state index in [1.54, 1.807) is 11.4 Å². The minimum absolute atomic E-state index is 0.163. The number of hydrogen-bond acceptors (Lipinski definition) is 4. The van der Waals surface area contributed by atoms with Crippen LogP contribution >= 0.6 is 0 Å². The summed E-state index contributed by atoms with van der Waals surface area (Å²) in [6.45, 7) is 4.58. The number of aromatic nitrogens is 5. The molecule has 0 unspecified atom stereocenters. The zero-order chi connectivity index (χ0) is 23.8. The second kappa shape index (κ2) is 8.55. The second-order valence-electron chi connectivity index (χ2n) is 8.03. The zero-order valence-corrected chi connectivity index (χ0v) is 19.3. The molecule has 8 heteroatoms. The number of ether oxygens (including phenoxy) is 1. The molecule has 0 amide bonds. The Kier molecular flexibility index (Phi) is 5.41. The molecule has 3 aromatic heterocycles. The van der Waals surface area contributed by atoms with Crippen molar-refractivity contribution >= 4 is 23.0 Å². The van der Waals surface area contributed by atoms with E-state index in [9.17, 15) is 9.59 Å². The van der Waals surface area contributed by atoms with Crippen LogP contribution in [0.3, 0.4) is 0 Å². The summed E-state index contributed by atoms with van der Waals surface area (Å²) in [5, 5.41) is 0. The molecule has 0 aliphatic rings. The van der Waals surface area contributed by atoms with Gasteiger partial charge >= 0.3 is 5.69 Å². The number of imidazole rings is 2. The maximum atomic E-state index is 13.5. The molecule has 0 aliphatic heterocycles. The Morgan fingerprint density at radius 2 is 1.76 bits per heavy atom. The summed E-state index contributed by atoms with van der Waals surface area (Å²) in [6.07, 6.45) is 5.58. The summed E-state index contributed by atoms with van der Waals surface area (Å²) in [6, 6.07) is 17.4. The molecule has 0 saturated heterocycles. The van der Waals surface area contributed by atoms with E-state index in [4.69, 9.17) is 9.72 Å². The number of hydrogen-bond donors (Lipinski definition) is 0. The Morgan fingerprint density at radius 3 is 2.53 bits per heavy atom. The molecule has 3 heterocycles. The molecule has 0 spiro atoms. The van der Waals surface area contributed by atoms with Crippen LogP contribution in [0.25, 0.3) is 28.7 Å². The van der Waals surface area contributed by atoms with Crippen LogP contribution in [0.15, 0.2) is 76.5 Å². The number of allylic oxidation sites excluding steroid dienone is 1. The summed E-state index contributed by atoms with van der Waals surface area (Å²) in [7, 11) is 1.64. The fourth-order valence-electron chi connectivity index (χ4n) is 4.25. The molecule has 5 rings (SSSR count). The summed E-state index contributed by atoms with van der Waals surface area (Å²) in [5.74, 6) is 1.26. The molecule has 0 bridgehead atoms. The van der Waals surface area contributed by atoms with Gasteiger partial charge in [0, 0.05) is 25.5 Å². The lowest BCUT2D eigenvalue weighted by molar-refractivity contribution is 0.339. The van der Waals surface area contributed by atoms with Crippen molar-refractivity contribution in [3.63, 3.8) is 0 Å². The summed E-state index contributed by atoms with van der Waals surface area (Å²) < 4.78 is 12.2. The van der Waals surface area contributed by atoms with E-state index in [-0.39, 0.29) is 12.1 Å². The molecule has 0 atom stereocenters. The molecule has 2 aromatic carbocycles. The fraction of sp³-hybridized carbons (Fsp3) is 0.192. The Hall–Kier alpha value is -4.33. The third-order valence-electron chi connectivity index (χ3n) is 5.83. The number of benzene rings is 2. The van der Waals surface area contributed by atoms with E-state index in [0.717, 1.165) is 22.7 Å². The van der Waals surface area contributed by atoms with Gasteiger partial charge in [-0.15, -0.1) is 0 Å². The lowest BCUT2D eigenvalue weighted by Crippen LogP contribution is -2.39. The van der Waals surface area contributed by atoms with E-state index >= 15 is 0 Å². The first-order valence-corrected chi connectivity index (χ1v) is 11.1. The van der Waals surface area contributed by atoms with Crippen molar-refractivity contribution < 1.29 is 4.74 Å². The summed E-state index contributed by atoms with van der Waals surface area (Å²) in [4.78, 5) is 31.2. The number of nitrogens with zero attached hydrogens (tertiary/aromatic N) is 5. The van der Waals surface area contributed by atoms with E-state index in [1.807, 2.05) is 91.4 Å². The van der Waals surface area contributed by atoms with Crippen LogP contribution in [-0.4, -0.2) is 29.7 Å². The van der Waals surface area contributed by atoms with Crippen molar-refractivity contribution in [1.82, 2.24) is 23.1 Å². The van der Waals surface area contributed by atoms with Crippen molar-refractivity contribution in [1.29, 1.82) is 0 Å². The summed E-state index contributed by atoms with van der Waals surface area (Å²) in [5.41, 5.74) is 2.63. The molecule has 0 aliphatic carbocycles. The van der Waals surface area contributed by atoms with Crippen LogP contribution in [0.1, 0.15) is 18.2 Å². The van der Waals surface area contributed by atoms with Gasteiger partial charge in [-0.05, 0) is 31.5 Å². The number of para-hydroxylation sites is 2. The van der Waals surface area contributed by atoms with Crippen molar-refractivity contribution in [2.24, 2.45) is 7.05 Å². The van der Waals surface area contributed by atoms with Gasteiger partial charge in [-0.1, -0.05) is 54.6 Å². The van der Waals surface area contributed by atoms with Crippen LogP contribution in [0.2, 0.25) is 0 Å². The monoisotopic (exact) mass is 455 g/mol. The van der Waals surface area contributed by atoms with Crippen molar-refractivity contribution in [3.05, 3.63) is 99.0 Å². The van der Waals surface area contributed by atoms with E-state index in [1.165, 1.54) is 9.13 Å². The highest BCUT2D eigenvalue weighted by atomic mass is 16.5. The zero-order valence-electron chi connectivity index (χ0n) is 19.3. The van der Waals surface area contributed by atoms with Crippen molar-refractivity contribution in [3.8, 4) is 11.4 Å². The van der Waals surface area contributed by atoms with Gasteiger partial charge in [0.15, 0.2) is 11.2 Å². The predicted octanol–water partition coefficient (Wildman–Crippen LogP) is 3.56. The van der Waals surface area contributed by atoms with Crippen LogP contribution in [0.4, 0.5) is 0 Å². The normalized spacial score (nSPS) is 11.7. The smallest absolute Gasteiger partial charge is 0.332 e. The highest BCUT2D eigenvalue weighted by Gasteiger charge is 2.21. The number of rotatable bonds is 6. The van der Waals surface area contributed by atoms with E-state index in [0.29, 0.717) is 23.5 Å². The average molecular weight is 456 g/mol. The third kappa shape index (κ3) is 3.44. The lowest BCUT2D eigenvalue weighted by Gasteiger charge is -2.12. The highest BCUT2D eigenvalue weighted by molar-refractivity contribution is 5.76. The number of aryl methyl sites for hydroxylation is 2. The maximum absolute atomic E-state index is 13.5. The van der Waals surface area contributed by atoms with Crippen molar-refractivity contribution in [2.45, 2.75) is 20.4 Å². The van der Waals surface area contributed by atoms with E-state index in [2.05, 4.69) is 0 Å². The fourth-order valence-corrected chi connectivity index (χ4v) is 4.25. The minimum Gasteiger partial charge on any atom is -0.492 e. The first-order valence-electron chi connectivity index (χ1n) is 11.1. The predicted molar refractivity (Wildman–Crippen MR) is 133 cm³/mol. The average Bonchev–Trinajstić information content (AvgIpc) is 3.36. The maximum Gasteiger partial charge on any atom is 0.332 e. The molecule has 0 saturated carbocycles. The minimum atomic E-state index is -0.408. The Balaban J connectivity index is 1.69. The quantitative estimate of drug-likeness (QED) is 0.392. The molecule has 8 nitrogen and oxygen atoms in total. The molecule has 0 N–H and O–H groups in total. The largest absolute Gasteiger partial charge is 0.492 e. The number of fused-ring (bicyclic) bond motifs is 3. The Labute approximate surface area is 195 Å². The molecule has 34 heavy (non-hydrogen) atoms. The van der Waals surface area contributed by atoms with Crippen LogP contribution in [0.5, 0.6) is 5.75 Å². The van der Waals surface area contributed by atoms with Gasteiger partial charge in [-0.25, -0.2) is 4.79 Å². The van der Waals surface area contributed by atoms with Gasteiger partial charge in [0.25, 0.3) is 5.56 Å². The van der Waals surface area contributed by atoms with Gasteiger partial charge in [-0.3, -0.25) is 22.9 Å². The molecule has 5 aromatic rings. The van der Waals surface area contributed by atoms with Gasteiger partial charge in [0.2, 0.25) is 5.78 Å². The summed E-state index contributed by atoms with van der Waals surface area (Å²) >= 11 is 0. The molecular weight excluding hydrogens is 430 g/mol. The molecule has 172 valence electrons. The van der Waals surface area contributed by atoms with Gasteiger partial charge in [-0.2, -0.15) is 4.98 Å². The van der Waals surface area contributed by atoms with Gasteiger partial charge in [0.1, 0.15) is 5.75 Å². The van der Waals surface area contributed by atoms with Gasteiger partial charge in [0.05, 0.1) is 12.3 Å². The lowest BCUT2D eigenvalue weighted by atomic mass is 10.2. The second-order valence-corrected chi connectivity index (χ2v) is 8.03. The molecule has 0 radical (unpaired) electrons. The standard InChI is InChI=1S/C26H25N5O3/c1-4-34-21-15-9-8-14-20(21)31-18(2)17-30-22-23(27-25(30)31)28(3)26(33)29(24(22)32)16-10-13-19-11-6-5-7-12-19/h5-15,17H,4,16H2,1-3H3. The Morgan fingerprint density at radius 1 is 1.03 bits per heavy atom. The van der Waals surface area contributed by atoms with Crippen LogP contribution in [0, 0.1) is 6.92 Å². The first kappa shape index (κ1) is 21.5. The van der Waals surface area contributed by atoms with E-state index < -0.39 is 5.69 Å². The molecular formula is C26H25N5O3. The highest BCUT2D eigenvalue weighted by Crippen LogP contribution is 2.27. The Bertz CT molecular complexity index is 1650.